The fourth-order valence-electron chi connectivity index (χ4n) is 3.54. The highest BCUT2D eigenvalue weighted by Crippen LogP contribution is 2.37. The summed E-state index contributed by atoms with van der Waals surface area (Å²) in [5, 5.41) is 4.99. The number of fused-ring (bicyclic) bond motifs is 1. The number of ether oxygens (including phenoxy) is 1. The Bertz CT molecular complexity index is 1330. The SMILES string of the molecule is COc1cccc(-c2c(-c3ccncc3)nn3c(-c4ccc(Br)cc4)ccnc23)c1. The summed E-state index contributed by atoms with van der Waals surface area (Å²) < 4.78 is 8.40. The molecule has 0 saturated carbocycles. The van der Waals surface area contributed by atoms with Gasteiger partial charge >= 0.3 is 0 Å². The maximum atomic E-state index is 5.45. The third kappa shape index (κ3) is 3.25. The molecule has 0 fully saturated rings. The van der Waals surface area contributed by atoms with E-state index in [0.717, 1.165) is 49.5 Å². The zero-order chi connectivity index (χ0) is 20.5. The molecular formula is C24H17BrN4O. The molecule has 0 spiro atoms. The molecule has 3 aromatic heterocycles. The largest absolute Gasteiger partial charge is 0.497 e. The molecule has 5 nitrogen and oxygen atoms in total. The molecule has 0 aliphatic rings. The Morgan fingerprint density at radius 2 is 1.63 bits per heavy atom. The third-order valence-corrected chi connectivity index (χ3v) is 5.50. The van der Waals surface area contributed by atoms with Gasteiger partial charge in [0.25, 0.3) is 0 Å². The van der Waals surface area contributed by atoms with Gasteiger partial charge in [-0.1, -0.05) is 40.2 Å². The van der Waals surface area contributed by atoms with Crippen LogP contribution in [0.15, 0.2) is 89.8 Å². The van der Waals surface area contributed by atoms with Gasteiger partial charge in [0.15, 0.2) is 5.65 Å². The number of rotatable bonds is 4. The van der Waals surface area contributed by atoms with E-state index in [1.54, 1.807) is 19.5 Å². The summed E-state index contributed by atoms with van der Waals surface area (Å²) in [6.07, 6.45) is 5.38. The minimum absolute atomic E-state index is 0.787. The van der Waals surface area contributed by atoms with Crippen LogP contribution in [-0.2, 0) is 0 Å². The topological polar surface area (TPSA) is 52.3 Å². The first kappa shape index (κ1) is 18.5. The van der Waals surface area contributed by atoms with Gasteiger partial charge < -0.3 is 4.74 Å². The second-order valence-corrected chi connectivity index (χ2v) is 7.68. The quantitative estimate of drug-likeness (QED) is 0.338. The molecule has 146 valence electrons. The van der Waals surface area contributed by atoms with Gasteiger partial charge in [-0.05, 0) is 48.0 Å². The summed E-state index contributed by atoms with van der Waals surface area (Å²) in [6, 6.07) is 22.1. The van der Waals surface area contributed by atoms with Gasteiger partial charge in [0.2, 0.25) is 0 Å². The Morgan fingerprint density at radius 1 is 0.833 bits per heavy atom. The number of hydrogen-bond donors (Lipinski definition) is 0. The second kappa shape index (κ2) is 7.72. The molecule has 0 aliphatic heterocycles. The lowest BCUT2D eigenvalue weighted by atomic mass is 10.0. The molecule has 5 rings (SSSR count). The number of benzene rings is 2. The van der Waals surface area contributed by atoms with E-state index in [-0.39, 0.29) is 0 Å². The standard InChI is InChI=1S/C24H17BrN4O/c1-30-20-4-2-3-18(15-20)22-23(17-9-12-26-13-10-17)28-29-21(11-14-27-24(22)29)16-5-7-19(25)8-6-16/h2-15H,1H3. The molecule has 30 heavy (non-hydrogen) atoms. The molecule has 0 aliphatic carbocycles. The van der Waals surface area contributed by atoms with Crippen molar-refractivity contribution in [2.75, 3.05) is 7.11 Å². The van der Waals surface area contributed by atoms with Crippen molar-refractivity contribution < 1.29 is 4.74 Å². The van der Waals surface area contributed by atoms with Gasteiger partial charge in [-0.15, -0.1) is 0 Å². The lowest BCUT2D eigenvalue weighted by molar-refractivity contribution is 0.415. The van der Waals surface area contributed by atoms with Gasteiger partial charge in [0.1, 0.15) is 11.4 Å². The summed E-state index contributed by atoms with van der Waals surface area (Å²) in [7, 11) is 1.67. The van der Waals surface area contributed by atoms with Gasteiger partial charge in [-0.25, -0.2) is 9.50 Å². The highest BCUT2D eigenvalue weighted by molar-refractivity contribution is 9.10. The lowest BCUT2D eigenvalue weighted by Crippen LogP contribution is -1.95. The first-order valence-corrected chi connectivity index (χ1v) is 10.2. The van der Waals surface area contributed by atoms with Crippen molar-refractivity contribution in [1.82, 2.24) is 19.6 Å². The first-order chi connectivity index (χ1) is 14.7. The van der Waals surface area contributed by atoms with E-state index in [0.29, 0.717) is 0 Å². The maximum absolute atomic E-state index is 5.45. The summed E-state index contributed by atoms with van der Waals surface area (Å²) in [4.78, 5) is 8.85. The molecule has 0 N–H and O–H groups in total. The van der Waals surface area contributed by atoms with Crippen LogP contribution in [0.25, 0.3) is 39.3 Å². The Labute approximate surface area is 182 Å². The normalized spacial score (nSPS) is 11.0. The van der Waals surface area contributed by atoms with Crippen molar-refractivity contribution in [1.29, 1.82) is 0 Å². The van der Waals surface area contributed by atoms with Crippen LogP contribution in [0.1, 0.15) is 0 Å². The number of nitrogens with zero attached hydrogens (tertiary/aromatic N) is 4. The molecule has 0 bridgehead atoms. The predicted molar refractivity (Wildman–Crippen MR) is 121 cm³/mol. The highest BCUT2D eigenvalue weighted by atomic mass is 79.9. The van der Waals surface area contributed by atoms with Crippen molar-refractivity contribution in [3.8, 4) is 39.4 Å². The minimum atomic E-state index is 0.787. The fourth-order valence-corrected chi connectivity index (χ4v) is 3.81. The summed E-state index contributed by atoms with van der Waals surface area (Å²) >= 11 is 3.51. The average molecular weight is 457 g/mol. The van der Waals surface area contributed by atoms with Crippen LogP contribution in [0.4, 0.5) is 0 Å². The summed E-state index contributed by atoms with van der Waals surface area (Å²) in [5.41, 5.74) is 6.60. The monoisotopic (exact) mass is 456 g/mol. The van der Waals surface area contributed by atoms with Crippen LogP contribution in [0.5, 0.6) is 5.75 Å². The van der Waals surface area contributed by atoms with E-state index in [1.165, 1.54) is 0 Å². The van der Waals surface area contributed by atoms with E-state index in [2.05, 4.69) is 39.1 Å². The van der Waals surface area contributed by atoms with E-state index < -0.39 is 0 Å². The molecule has 0 radical (unpaired) electrons. The summed E-state index contributed by atoms with van der Waals surface area (Å²) in [5.74, 6) is 0.789. The van der Waals surface area contributed by atoms with E-state index in [1.807, 2.05) is 59.2 Å². The average Bonchev–Trinajstić information content (AvgIpc) is 3.20. The third-order valence-electron chi connectivity index (χ3n) is 4.97. The van der Waals surface area contributed by atoms with Crippen molar-refractivity contribution in [3.63, 3.8) is 0 Å². The molecule has 2 aromatic carbocycles. The highest BCUT2D eigenvalue weighted by Gasteiger charge is 2.20. The van der Waals surface area contributed by atoms with Crippen LogP contribution < -0.4 is 4.74 Å². The molecule has 0 saturated heterocycles. The van der Waals surface area contributed by atoms with Crippen molar-refractivity contribution >= 4 is 21.6 Å². The molecule has 6 heteroatoms. The smallest absolute Gasteiger partial charge is 0.164 e. The van der Waals surface area contributed by atoms with E-state index in [9.17, 15) is 0 Å². The Hall–Kier alpha value is -3.51. The number of halogens is 1. The van der Waals surface area contributed by atoms with Gasteiger partial charge in [0.05, 0.1) is 18.4 Å². The molecule has 0 atom stereocenters. The fraction of sp³-hybridized carbons (Fsp3) is 0.0417. The van der Waals surface area contributed by atoms with Crippen LogP contribution in [-0.4, -0.2) is 26.7 Å². The number of methoxy groups -OCH3 is 1. The minimum Gasteiger partial charge on any atom is -0.497 e. The predicted octanol–water partition coefficient (Wildman–Crippen LogP) is 5.90. The lowest BCUT2D eigenvalue weighted by Gasteiger charge is -2.07. The van der Waals surface area contributed by atoms with Gasteiger partial charge in [-0.3, -0.25) is 4.98 Å². The maximum Gasteiger partial charge on any atom is 0.164 e. The molecule has 3 heterocycles. The molecule has 0 amide bonds. The van der Waals surface area contributed by atoms with Crippen LogP contribution in [0.2, 0.25) is 0 Å². The van der Waals surface area contributed by atoms with E-state index >= 15 is 0 Å². The van der Waals surface area contributed by atoms with Gasteiger partial charge in [-0.2, -0.15) is 5.10 Å². The Balaban J connectivity index is 1.82. The van der Waals surface area contributed by atoms with Crippen LogP contribution >= 0.6 is 15.9 Å². The van der Waals surface area contributed by atoms with Crippen molar-refractivity contribution in [3.05, 3.63) is 89.8 Å². The second-order valence-electron chi connectivity index (χ2n) is 6.76. The molecule has 5 aromatic rings. The first-order valence-electron chi connectivity index (χ1n) is 9.43. The molecule has 0 unspecified atom stereocenters. The van der Waals surface area contributed by atoms with Crippen LogP contribution in [0.3, 0.4) is 0 Å². The number of pyridine rings is 1. The zero-order valence-corrected chi connectivity index (χ0v) is 17.7. The van der Waals surface area contributed by atoms with Gasteiger partial charge in [0, 0.05) is 34.2 Å². The zero-order valence-electron chi connectivity index (χ0n) is 16.2. The number of hydrogen-bond acceptors (Lipinski definition) is 4. The van der Waals surface area contributed by atoms with Crippen molar-refractivity contribution in [2.45, 2.75) is 0 Å². The van der Waals surface area contributed by atoms with E-state index in [4.69, 9.17) is 14.8 Å². The summed E-state index contributed by atoms with van der Waals surface area (Å²) in [6.45, 7) is 0. The molecular weight excluding hydrogens is 440 g/mol. The Morgan fingerprint density at radius 3 is 2.40 bits per heavy atom. The van der Waals surface area contributed by atoms with Crippen molar-refractivity contribution in [2.24, 2.45) is 0 Å². The van der Waals surface area contributed by atoms with Crippen LogP contribution in [0, 0.1) is 0 Å². The number of aromatic nitrogens is 4. The Kier molecular flexibility index (Phi) is 4.77.